The third kappa shape index (κ3) is 2.71. The lowest BCUT2D eigenvalue weighted by atomic mass is 10.2. The lowest BCUT2D eigenvalue weighted by Crippen LogP contribution is -2.40. The highest BCUT2D eigenvalue weighted by atomic mass is 35.5. The molecule has 1 amide bonds. The number of ether oxygens (including phenoxy) is 2. The van der Waals surface area contributed by atoms with Gasteiger partial charge in [0, 0.05) is 0 Å². The summed E-state index contributed by atoms with van der Waals surface area (Å²) in [6, 6.07) is 12.8. The van der Waals surface area contributed by atoms with E-state index in [1.807, 2.05) is 24.3 Å². The van der Waals surface area contributed by atoms with Crippen molar-refractivity contribution in [1.29, 1.82) is 0 Å². The van der Waals surface area contributed by atoms with E-state index in [9.17, 15) is 4.79 Å². The average Bonchev–Trinajstić information content (AvgIpc) is 2.98. The maximum Gasteiger partial charge on any atom is 0.270 e. The van der Waals surface area contributed by atoms with Gasteiger partial charge >= 0.3 is 0 Å². The molecule has 2 heterocycles. The fourth-order valence-electron chi connectivity index (χ4n) is 2.30. The molecule has 23 heavy (non-hydrogen) atoms. The number of aromatic nitrogens is 1. The van der Waals surface area contributed by atoms with Crippen molar-refractivity contribution < 1.29 is 14.3 Å². The van der Waals surface area contributed by atoms with E-state index in [2.05, 4.69) is 10.3 Å². The first kappa shape index (κ1) is 14.3. The van der Waals surface area contributed by atoms with E-state index in [0.717, 1.165) is 4.70 Å². The molecule has 0 radical (unpaired) electrons. The molecule has 1 atom stereocenters. The van der Waals surface area contributed by atoms with E-state index in [1.165, 1.54) is 11.3 Å². The van der Waals surface area contributed by atoms with Gasteiger partial charge in [0.2, 0.25) is 6.10 Å². The molecule has 3 aromatic rings. The molecular weight excluding hydrogens is 336 g/mol. The number of rotatable bonds is 2. The number of amides is 1. The number of halogens is 1. The number of hydrogen-bond acceptors (Lipinski definition) is 5. The van der Waals surface area contributed by atoms with Crippen LogP contribution in [0.15, 0.2) is 42.5 Å². The largest absolute Gasteiger partial charge is 0.485 e. The molecule has 5 nitrogen and oxygen atoms in total. The van der Waals surface area contributed by atoms with Crippen LogP contribution in [0.25, 0.3) is 10.2 Å². The van der Waals surface area contributed by atoms with Crippen LogP contribution in [0.4, 0.5) is 5.13 Å². The summed E-state index contributed by atoms with van der Waals surface area (Å²) in [5, 5.41) is 3.81. The van der Waals surface area contributed by atoms with E-state index < -0.39 is 6.10 Å². The van der Waals surface area contributed by atoms with Gasteiger partial charge in [0.05, 0.1) is 9.72 Å². The van der Waals surface area contributed by atoms with Crippen molar-refractivity contribution in [2.75, 3.05) is 11.9 Å². The second kappa shape index (κ2) is 5.72. The molecule has 7 heteroatoms. The summed E-state index contributed by atoms with van der Waals surface area (Å²) in [6.07, 6.45) is -0.715. The summed E-state index contributed by atoms with van der Waals surface area (Å²) in [6.45, 7) is 0.161. The van der Waals surface area contributed by atoms with Gasteiger partial charge < -0.3 is 9.47 Å². The Morgan fingerprint density at radius 3 is 2.87 bits per heavy atom. The summed E-state index contributed by atoms with van der Waals surface area (Å²) < 4.78 is 12.1. The highest BCUT2D eigenvalue weighted by Crippen LogP contribution is 2.33. The van der Waals surface area contributed by atoms with Crippen LogP contribution < -0.4 is 14.8 Å². The summed E-state index contributed by atoms with van der Waals surface area (Å²) in [5.41, 5.74) is 0.681. The number of anilines is 1. The monoisotopic (exact) mass is 346 g/mol. The van der Waals surface area contributed by atoms with E-state index in [1.54, 1.807) is 18.2 Å². The van der Waals surface area contributed by atoms with Crippen LogP contribution in [0.5, 0.6) is 11.5 Å². The third-order valence-corrected chi connectivity index (χ3v) is 4.64. The van der Waals surface area contributed by atoms with Crippen molar-refractivity contribution in [2.24, 2.45) is 0 Å². The van der Waals surface area contributed by atoms with Crippen LogP contribution >= 0.6 is 22.9 Å². The predicted octanol–water partition coefficient (Wildman–Crippen LogP) is 3.73. The Bertz CT molecular complexity index is 896. The van der Waals surface area contributed by atoms with Gasteiger partial charge in [-0.2, -0.15) is 0 Å². The molecule has 0 aliphatic carbocycles. The fraction of sp³-hybridized carbons (Fsp3) is 0.125. The van der Waals surface area contributed by atoms with Crippen molar-refractivity contribution in [3.63, 3.8) is 0 Å². The molecule has 0 unspecified atom stereocenters. The summed E-state index contributed by atoms with van der Waals surface area (Å²) in [5.74, 6) is 0.907. The zero-order valence-electron chi connectivity index (χ0n) is 11.8. The molecule has 4 rings (SSSR count). The van der Waals surface area contributed by atoms with Gasteiger partial charge in [-0.15, -0.1) is 0 Å². The number of nitrogens with one attached hydrogen (secondary N) is 1. The Balaban J connectivity index is 1.52. The molecular formula is C16H11ClN2O3S. The Hall–Kier alpha value is -2.31. The normalized spacial score (nSPS) is 16.3. The number of benzene rings is 2. The van der Waals surface area contributed by atoms with Gasteiger partial charge in [0.15, 0.2) is 16.6 Å². The van der Waals surface area contributed by atoms with Crippen molar-refractivity contribution >= 4 is 44.2 Å². The third-order valence-electron chi connectivity index (χ3n) is 3.40. The number of carbonyl (C=O) groups is 1. The Labute approximate surface area is 140 Å². The van der Waals surface area contributed by atoms with Crippen molar-refractivity contribution in [2.45, 2.75) is 6.10 Å². The molecule has 1 aromatic heterocycles. The minimum atomic E-state index is -0.715. The number of carbonyl (C=O) groups excluding carboxylic acids is 1. The molecule has 1 N–H and O–H groups in total. The Morgan fingerprint density at radius 1 is 1.22 bits per heavy atom. The Morgan fingerprint density at radius 2 is 2.04 bits per heavy atom. The van der Waals surface area contributed by atoms with Gasteiger partial charge in [0.1, 0.15) is 12.1 Å². The lowest BCUT2D eigenvalue weighted by molar-refractivity contribution is -0.125. The number of fused-ring (bicyclic) bond motifs is 2. The van der Waals surface area contributed by atoms with Crippen molar-refractivity contribution in [1.82, 2.24) is 4.98 Å². The van der Waals surface area contributed by atoms with Gasteiger partial charge in [-0.05, 0) is 24.3 Å². The summed E-state index contributed by atoms with van der Waals surface area (Å²) in [7, 11) is 0. The van der Waals surface area contributed by atoms with Crippen LogP contribution in [-0.2, 0) is 4.79 Å². The van der Waals surface area contributed by atoms with Crippen molar-refractivity contribution in [3.05, 3.63) is 47.5 Å². The Kier molecular flexibility index (Phi) is 3.55. The first-order chi connectivity index (χ1) is 11.2. The molecule has 1 aliphatic rings. The molecule has 0 bridgehead atoms. The second-order valence-electron chi connectivity index (χ2n) is 4.96. The number of para-hydroxylation sites is 3. The molecule has 0 saturated heterocycles. The van der Waals surface area contributed by atoms with Crippen LogP contribution in [0.2, 0.25) is 5.02 Å². The van der Waals surface area contributed by atoms with Gasteiger partial charge in [-0.1, -0.05) is 41.1 Å². The van der Waals surface area contributed by atoms with Crippen LogP contribution in [0.3, 0.4) is 0 Å². The highest BCUT2D eigenvalue weighted by Gasteiger charge is 2.28. The average molecular weight is 347 g/mol. The van der Waals surface area contributed by atoms with E-state index in [4.69, 9.17) is 21.1 Å². The minimum absolute atomic E-state index is 0.161. The number of hydrogen-bond donors (Lipinski definition) is 1. The van der Waals surface area contributed by atoms with E-state index >= 15 is 0 Å². The quantitative estimate of drug-likeness (QED) is 0.768. The zero-order chi connectivity index (χ0) is 15.8. The van der Waals surface area contributed by atoms with Crippen molar-refractivity contribution in [3.8, 4) is 11.5 Å². The van der Waals surface area contributed by atoms with Gasteiger partial charge in [0.25, 0.3) is 5.91 Å². The molecule has 0 saturated carbocycles. The molecule has 1 aliphatic heterocycles. The number of nitrogens with zero attached hydrogens (tertiary/aromatic N) is 1. The first-order valence-electron chi connectivity index (χ1n) is 6.95. The summed E-state index contributed by atoms with van der Waals surface area (Å²) >= 11 is 7.46. The van der Waals surface area contributed by atoms with Crippen LogP contribution in [0, 0.1) is 0 Å². The van der Waals surface area contributed by atoms with E-state index in [-0.39, 0.29) is 12.5 Å². The zero-order valence-corrected chi connectivity index (χ0v) is 13.4. The first-order valence-corrected chi connectivity index (χ1v) is 8.14. The minimum Gasteiger partial charge on any atom is -0.485 e. The maximum absolute atomic E-state index is 12.4. The fourth-order valence-corrected chi connectivity index (χ4v) is 3.47. The molecule has 0 fully saturated rings. The van der Waals surface area contributed by atoms with E-state index in [0.29, 0.717) is 27.2 Å². The smallest absolute Gasteiger partial charge is 0.270 e. The second-order valence-corrected chi connectivity index (χ2v) is 6.40. The van der Waals surface area contributed by atoms with Gasteiger partial charge in [-0.3, -0.25) is 10.1 Å². The standard InChI is InChI=1S/C16H11ClN2O3S/c17-9-4-3-7-13-14(9)18-16(23-13)19-15(20)12-8-21-10-5-1-2-6-11(10)22-12/h1-7,12H,8H2,(H,18,19,20)/t12-/m1/s1. The molecule has 116 valence electrons. The SMILES string of the molecule is O=C(Nc1nc2c(Cl)cccc2s1)[C@H]1COc2ccccc2O1. The maximum atomic E-state index is 12.4. The van der Waals surface area contributed by atoms with Gasteiger partial charge in [-0.25, -0.2) is 4.98 Å². The topological polar surface area (TPSA) is 60.5 Å². The molecule has 2 aromatic carbocycles. The summed E-state index contributed by atoms with van der Waals surface area (Å²) in [4.78, 5) is 16.7. The predicted molar refractivity (Wildman–Crippen MR) is 89.6 cm³/mol. The lowest BCUT2D eigenvalue weighted by Gasteiger charge is -2.25. The van der Waals surface area contributed by atoms with Crippen LogP contribution in [0.1, 0.15) is 0 Å². The molecule has 0 spiro atoms. The highest BCUT2D eigenvalue weighted by molar-refractivity contribution is 7.22. The van der Waals surface area contributed by atoms with Crippen LogP contribution in [-0.4, -0.2) is 23.6 Å². The number of thiazole rings is 1.